The minimum atomic E-state index is 0.452. The van der Waals surface area contributed by atoms with Gasteiger partial charge in [-0.2, -0.15) is 10.2 Å². The highest BCUT2D eigenvalue weighted by molar-refractivity contribution is 7.80. The van der Waals surface area contributed by atoms with Crippen LogP contribution in [0.25, 0.3) is 0 Å². The van der Waals surface area contributed by atoms with E-state index in [0.29, 0.717) is 5.11 Å². The number of hydrazone groups is 2. The van der Waals surface area contributed by atoms with E-state index in [1.807, 2.05) is 12.4 Å². The molecule has 0 aromatic rings. The molecule has 0 atom stereocenters. The largest absolute Gasteiger partial charge is 0.253 e. The van der Waals surface area contributed by atoms with Gasteiger partial charge in [0.05, 0.1) is 0 Å². The van der Waals surface area contributed by atoms with Crippen LogP contribution in [0.1, 0.15) is 104 Å². The predicted molar refractivity (Wildman–Crippen MR) is 112 cm³/mol. The molecule has 2 N–H and O–H groups in total. The number of thiocarbonyl (C=S) groups is 1. The van der Waals surface area contributed by atoms with Gasteiger partial charge in [0.25, 0.3) is 0 Å². The number of unbranched alkanes of at least 4 members (excludes halogenated alkanes) is 12. The smallest absolute Gasteiger partial charge is 0.207 e. The Morgan fingerprint density at radius 1 is 0.667 bits per heavy atom. The van der Waals surface area contributed by atoms with Crippen LogP contribution in [0.4, 0.5) is 0 Å². The molecule has 24 heavy (non-hydrogen) atoms. The van der Waals surface area contributed by atoms with Gasteiger partial charge >= 0.3 is 0 Å². The lowest BCUT2D eigenvalue weighted by Crippen LogP contribution is -2.28. The fourth-order valence-electron chi connectivity index (χ4n) is 2.39. The minimum Gasteiger partial charge on any atom is -0.253 e. The first-order valence-corrected chi connectivity index (χ1v) is 10.3. The molecule has 0 amide bonds. The average molecular weight is 355 g/mol. The van der Waals surface area contributed by atoms with Gasteiger partial charge in [0, 0.05) is 12.4 Å². The van der Waals surface area contributed by atoms with Crippen molar-refractivity contribution in [3.8, 4) is 0 Å². The van der Waals surface area contributed by atoms with E-state index >= 15 is 0 Å². The first-order valence-electron chi connectivity index (χ1n) is 9.90. The van der Waals surface area contributed by atoms with Crippen LogP contribution < -0.4 is 10.9 Å². The number of hydrogen-bond donors (Lipinski definition) is 2. The number of hydrogen-bond acceptors (Lipinski definition) is 3. The molecule has 0 saturated heterocycles. The molecule has 0 fully saturated rings. The Bertz CT molecular complexity index is 299. The van der Waals surface area contributed by atoms with Crippen LogP contribution in [0.5, 0.6) is 0 Å². The van der Waals surface area contributed by atoms with Crippen molar-refractivity contribution in [1.82, 2.24) is 10.9 Å². The standard InChI is InChI=1S/C19H38N4S/c1-3-5-7-9-11-13-15-17-20-22-19(24)23-21-18-16-14-12-10-8-6-4-2/h17-18H,3-16H2,1-2H3,(H2,22,23,24)/b20-17-,21-18+. The van der Waals surface area contributed by atoms with E-state index in [9.17, 15) is 0 Å². The van der Waals surface area contributed by atoms with E-state index in [1.165, 1.54) is 77.0 Å². The van der Waals surface area contributed by atoms with Crippen molar-refractivity contribution in [3.05, 3.63) is 0 Å². The Morgan fingerprint density at radius 3 is 1.46 bits per heavy atom. The molecule has 0 aromatic carbocycles. The van der Waals surface area contributed by atoms with Crippen molar-refractivity contribution in [3.63, 3.8) is 0 Å². The Morgan fingerprint density at radius 2 is 1.04 bits per heavy atom. The summed E-state index contributed by atoms with van der Waals surface area (Å²) >= 11 is 5.10. The maximum Gasteiger partial charge on any atom is 0.207 e. The van der Waals surface area contributed by atoms with Crippen molar-refractivity contribution in [2.75, 3.05) is 0 Å². The third-order valence-electron chi connectivity index (χ3n) is 3.89. The lowest BCUT2D eigenvalue weighted by atomic mass is 10.1. The van der Waals surface area contributed by atoms with Gasteiger partial charge in [-0.1, -0.05) is 78.1 Å². The highest BCUT2D eigenvalue weighted by atomic mass is 32.1. The van der Waals surface area contributed by atoms with E-state index in [0.717, 1.165) is 12.8 Å². The van der Waals surface area contributed by atoms with Crippen LogP contribution >= 0.6 is 12.2 Å². The SMILES string of the molecule is CCCCCCCC/C=N\NC(=S)N/N=C/CCCCCCCC. The zero-order valence-corrected chi connectivity index (χ0v) is 16.7. The van der Waals surface area contributed by atoms with Gasteiger partial charge in [0.1, 0.15) is 0 Å². The van der Waals surface area contributed by atoms with Crippen LogP contribution in [0.2, 0.25) is 0 Å². The second-order valence-corrected chi connectivity index (χ2v) is 6.70. The van der Waals surface area contributed by atoms with Crippen LogP contribution in [-0.4, -0.2) is 17.5 Å². The molecule has 0 unspecified atom stereocenters. The molecular weight excluding hydrogens is 316 g/mol. The zero-order valence-electron chi connectivity index (χ0n) is 15.9. The minimum absolute atomic E-state index is 0.452. The monoisotopic (exact) mass is 354 g/mol. The van der Waals surface area contributed by atoms with Crippen molar-refractivity contribution in [1.29, 1.82) is 0 Å². The third-order valence-corrected chi connectivity index (χ3v) is 4.07. The van der Waals surface area contributed by atoms with E-state index in [1.54, 1.807) is 0 Å². The van der Waals surface area contributed by atoms with Gasteiger partial charge in [-0.3, -0.25) is 10.9 Å². The molecule has 0 heterocycles. The van der Waals surface area contributed by atoms with Crippen molar-refractivity contribution in [2.24, 2.45) is 10.2 Å². The Balaban J connectivity index is 3.36. The van der Waals surface area contributed by atoms with Crippen molar-refractivity contribution >= 4 is 29.8 Å². The molecule has 0 aromatic heterocycles. The van der Waals surface area contributed by atoms with Crippen molar-refractivity contribution < 1.29 is 0 Å². The summed E-state index contributed by atoms with van der Waals surface area (Å²) in [5, 5.41) is 8.67. The highest BCUT2D eigenvalue weighted by Gasteiger charge is 1.91. The second kappa shape index (κ2) is 20.1. The van der Waals surface area contributed by atoms with Crippen molar-refractivity contribution in [2.45, 2.75) is 104 Å². The topological polar surface area (TPSA) is 48.8 Å². The quantitative estimate of drug-likeness (QED) is 0.156. The summed E-state index contributed by atoms with van der Waals surface area (Å²) in [5.74, 6) is 0. The summed E-state index contributed by atoms with van der Waals surface area (Å²) in [6, 6.07) is 0. The molecule has 0 aliphatic heterocycles. The highest BCUT2D eigenvalue weighted by Crippen LogP contribution is 2.06. The molecule has 140 valence electrons. The van der Waals surface area contributed by atoms with Gasteiger partial charge in [-0.15, -0.1) is 0 Å². The zero-order chi connectivity index (χ0) is 17.7. The molecular formula is C19H38N4S. The van der Waals surface area contributed by atoms with Gasteiger partial charge in [0.2, 0.25) is 5.11 Å². The number of nitrogens with one attached hydrogen (secondary N) is 2. The molecule has 0 saturated carbocycles. The fourth-order valence-corrected chi connectivity index (χ4v) is 2.50. The molecule has 0 spiro atoms. The summed E-state index contributed by atoms with van der Waals surface area (Å²) in [5.41, 5.74) is 5.59. The molecule has 4 nitrogen and oxygen atoms in total. The number of rotatable bonds is 16. The molecule has 0 aliphatic rings. The summed E-state index contributed by atoms with van der Waals surface area (Å²) in [6.45, 7) is 4.49. The maximum atomic E-state index is 5.10. The molecule has 0 radical (unpaired) electrons. The Kier molecular flexibility index (Phi) is 19.3. The molecule has 0 rings (SSSR count). The molecule has 0 aliphatic carbocycles. The first-order chi connectivity index (χ1) is 11.8. The molecule has 5 heteroatoms. The molecule has 0 bridgehead atoms. The maximum absolute atomic E-state index is 5.10. The Hall–Kier alpha value is -0.970. The lowest BCUT2D eigenvalue weighted by Gasteiger charge is -2.01. The predicted octanol–water partition coefficient (Wildman–Crippen LogP) is 5.92. The van der Waals surface area contributed by atoms with Crippen LogP contribution in [0.3, 0.4) is 0 Å². The summed E-state index contributed by atoms with van der Waals surface area (Å²) in [4.78, 5) is 0. The summed E-state index contributed by atoms with van der Waals surface area (Å²) < 4.78 is 0. The van der Waals surface area contributed by atoms with E-state index in [-0.39, 0.29) is 0 Å². The van der Waals surface area contributed by atoms with E-state index in [2.05, 4.69) is 34.9 Å². The van der Waals surface area contributed by atoms with Gasteiger partial charge in [0.15, 0.2) is 0 Å². The van der Waals surface area contributed by atoms with E-state index < -0.39 is 0 Å². The van der Waals surface area contributed by atoms with Crippen LogP contribution in [0.15, 0.2) is 10.2 Å². The average Bonchev–Trinajstić information content (AvgIpc) is 2.59. The van der Waals surface area contributed by atoms with Crippen LogP contribution in [0, 0.1) is 0 Å². The van der Waals surface area contributed by atoms with E-state index in [4.69, 9.17) is 12.2 Å². The van der Waals surface area contributed by atoms with Gasteiger partial charge in [-0.05, 0) is 37.9 Å². The Labute approximate surface area is 154 Å². The lowest BCUT2D eigenvalue weighted by molar-refractivity contribution is 0.616. The fraction of sp³-hybridized carbons (Fsp3) is 0.842. The first kappa shape index (κ1) is 23.0. The van der Waals surface area contributed by atoms with Crippen LogP contribution in [-0.2, 0) is 0 Å². The number of nitrogens with zero attached hydrogens (tertiary/aromatic N) is 2. The normalized spacial score (nSPS) is 11.4. The third kappa shape index (κ3) is 19.1. The second-order valence-electron chi connectivity index (χ2n) is 6.29. The summed E-state index contributed by atoms with van der Waals surface area (Å²) in [6.07, 6.45) is 21.5. The van der Waals surface area contributed by atoms with Gasteiger partial charge < -0.3 is 0 Å². The summed E-state index contributed by atoms with van der Waals surface area (Å²) in [7, 11) is 0. The van der Waals surface area contributed by atoms with Gasteiger partial charge in [-0.25, -0.2) is 0 Å².